The van der Waals surface area contributed by atoms with Crippen LogP contribution in [0.2, 0.25) is 0 Å². The highest BCUT2D eigenvalue weighted by Crippen LogP contribution is 2.25. The number of hydrogen-bond acceptors (Lipinski definition) is 3. The molecule has 3 nitrogen and oxygen atoms in total. The fourth-order valence-electron chi connectivity index (χ4n) is 1.79. The number of halogens is 1. The third kappa shape index (κ3) is 4.13. The summed E-state index contributed by atoms with van der Waals surface area (Å²) in [5, 5.41) is 3.54. The number of benzene rings is 1. The number of thioether (sulfide) groups is 1. The Morgan fingerprint density at radius 2 is 2.35 bits per heavy atom. The van der Waals surface area contributed by atoms with Gasteiger partial charge in [-0.3, -0.25) is 4.79 Å². The molecule has 1 heterocycles. The summed E-state index contributed by atoms with van der Waals surface area (Å²) in [6.07, 6.45) is 2.48. The van der Waals surface area contributed by atoms with E-state index in [2.05, 4.69) is 5.32 Å². The Hall–Kier alpha value is -0.870. The second-order valence-electron chi connectivity index (χ2n) is 3.97. The van der Waals surface area contributed by atoms with Crippen molar-refractivity contribution in [3.05, 3.63) is 29.8 Å². The molecular formula is C12H17ClN2OS. The maximum Gasteiger partial charge on any atom is 0.251 e. The molecule has 1 aliphatic heterocycles. The van der Waals surface area contributed by atoms with Gasteiger partial charge in [0.25, 0.3) is 5.91 Å². The van der Waals surface area contributed by atoms with Crippen LogP contribution in [0.1, 0.15) is 23.2 Å². The van der Waals surface area contributed by atoms with E-state index in [4.69, 9.17) is 5.73 Å². The normalized spacial score (nSPS) is 18.5. The molecule has 1 fully saturated rings. The summed E-state index contributed by atoms with van der Waals surface area (Å²) in [5.41, 5.74) is 6.90. The lowest BCUT2D eigenvalue weighted by molar-refractivity contribution is 0.0953. The first-order valence-corrected chi connectivity index (χ1v) is 6.56. The van der Waals surface area contributed by atoms with Gasteiger partial charge in [0.1, 0.15) is 0 Å². The SMILES string of the molecule is Cl.Nc1cccc(C(=O)NCC2CCCS2)c1. The smallest absolute Gasteiger partial charge is 0.251 e. The highest BCUT2D eigenvalue weighted by Gasteiger charge is 2.16. The second kappa shape index (κ2) is 6.77. The van der Waals surface area contributed by atoms with E-state index in [9.17, 15) is 4.79 Å². The lowest BCUT2D eigenvalue weighted by Crippen LogP contribution is -2.29. The Morgan fingerprint density at radius 1 is 1.53 bits per heavy atom. The van der Waals surface area contributed by atoms with Gasteiger partial charge in [0.15, 0.2) is 0 Å². The topological polar surface area (TPSA) is 55.1 Å². The molecule has 17 heavy (non-hydrogen) atoms. The van der Waals surface area contributed by atoms with Gasteiger partial charge in [0.2, 0.25) is 0 Å². The van der Waals surface area contributed by atoms with Crippen LogP contribution in [0.5, 0.6) is 0 Å². The number of nitrogens with one attached hydrogen (secondary N) is 1. The minimum Gasteiger partial charge on any atom is -0.399 e. The zero-order valence-electron chi connectivity index (χ0n) is 9.52. The summed E-state index contributed by atoms with van der Waals surface area (Å²) in [5.74, 6) is 1.19. The van der Waals surface area contributed by atoms with Gasteiger partial charge in [-0.2, -0.15) is 11.8 Å². The van der Waals surface area contributed by atoms with Gasteiger partial charge in [0.05, 0.1) is 0 Å². The van der Waals surface area contributed by atoms with E-state index in [1.54, 1.807) is 24.3 Å². The van der Waals surface area contributed by atoms with Gasteiger partial charge < -0.3 is 11.1 Å². The van der Waals surface area contributed by atoms with Crippen molar-refractivity contribution in [1.82, 2.24) is 5.32 Å². The average Bonchev–Trinajstić information content (AvgIpc) is 2.78. The fraction of sp³-hybridized carbons (Fsp3) is 0.417. The van der Waals surface area contributed by atoms with Gasteiger partial charge in [-0.25, -0.2) is 0 Å². The molecule has 0 radical (unpaired) electrons. The first-order valence-electron chi connectivity index (χ1n) is 5.51. The minimum absolute atomic E-state index is 0. The third-order valence-electron chi connectivity index (χ3n) is 2.66. The van der Waals surface area contributed by atoms with Crippen molar-refractivity contribution in [3.63, 3.8) is 0 Å². The molecule has 1 aromatic rings. The molecule has 5 heteroatoms. The van der Waals surface area contributed by atoms with E-state index in [1.807, 2.05) is 11.8 Å². The summed E-state index contributed by atoms with van der Waals surface area (Å²) in [4.78, 5) is 11.8. The van der Waals surface area contributed by atoms with Crippen molar-refractivity contribution in [2.75, 3.05) is 18.0 Å². The molecule has 1 unspecified atom stereocenters. The molecule has 0 spiro atoms. The van der Waals surface area contributed by atoms with Crippen molar-refractivity contribution in [3.8, 4) is 0 Å². The lowest BCUT2D eigenvalue weighted by Gasteiger charge is -2.10. The Labute approximate surface area is 112 Å². The molecule has 1 atom stereocenters. The van der Waals surface area contributed by atoms with Gasteiger partial charge in [-0.1, -0.05) is 6.07 Å². The zero-order valence-corrected chi connectivity index (χ0v) is 11.2. The Balaban J connectivity index is 0.00000144. The van der Waals surface area contributed by atoms with Crippen molar-refractivity contribution in [1.29, 1.82) is 0 Å². The predicted octanol–water partition coefficient (Wildman–Crippen LogP) is 2.32. The first kappa shape index (κ1) is 14.2. The molecular weight excluding hydrogens is 256 g/mol. The van der Waals surface area contributed by atoms with E-state index >= 15 is 0 Å². The van der Waals surface area contributed by atoms with E-state index in [-0.39, 0.29) is 18.3 Å². The number of hydrogen-bond donors (Lipinski definition) is 2. The largest absolute Gasteiger partial charge is 0.399 e. The van der Waals surface area contributed by atoms with Crippen LogP contribution in [0.4, 0.5) is 5.69 Å². The van der Waals surface area contributed by atoms with Crippen molar-refractivity contribution >= 4 is 35.8 Å². The maximum absolute atomic E-state index is 11.8. The standard InChI is InChI=1S/C12H16N2OS.ClH/c13-10-4-1-3-9(7-10)12(15)14-8-11-5-2-6-16-11;/h1,3-4,7,11H,2,5-6,8,13H2,(H,14,15);1H. The van der Waals surface area contributed by atoms with Gasteiger partial charge in [-0.05, 0) is 36.8 Å². The van der Waals surface area contributed by atoms with E-state index in [0.29, 0.717) is 16.5 Å². The Morgan fingerprint density at radius 3 is 3.00 bits per heavy atom. The fourth-order valence-corrected chi connectivity index (χ4v) is 3.00. The van der Waals surface area contributed by atoms with Crippen LogP contribution in [0, 0.1) is 0 Å². The van der Waals surface area contributed by atoms with Crippen molar-refractivity contribution in [2.45, 2.75) is 18.1 Å². The Kier molecular flexibility index (Phi) is 5.65. The molecule has 0 saturated carbocycles. The van der Waals surface area contributed by atoms with Gasteiger partial charge in [-0.15, -0.1) is 12.4 Å². The van der Waals surface area contributed by atoms with Crippen LogP contribution < -0.4 is 11.1 Å². The van der Waals surface area contributed by atoms with Gasteiger partial charge >= 0.3 is 0 Å². The molecule has 0 aliphatic carbocycles. The summed E-state index contributed by atoms with van der Waals surface area (Å²) in [7, 11) is 0. The number of nitrogen functional groups attached to an aromatic ring is 1. The van der Waals surface area contributed by atoms with Crippen LogP contribution in [-0.2, 0) is 0 Å². The van der Waals surface area contributed by atoms with Crippen molar-refractivity contribution < 1.29 is 4.79 Å². The number of anilines is 1. The predicted molar refractivity (Wildman–Crippen MR) is 75.9 cm³/mol. The van der Waals surface area contributed by atoms with Crippen LogP contribution in [0.25, 0.3) is 0 Å². The molecule has 0 bridgehead atoms. The molecule has 2 rings (SSSR count). The number of rotatable bonds is 3. The monoisotopic (exact) mass is 272 g/mol. The van der Waals surface area contributed by atoms with E-state index in [1.165, 1.54) is 18.6 Å². The zero-order chi connectivity index (χ0) is 11.4. The van der Waals surface area contributed by atoms with Crippen LogP contribution in [0.15, 0.2) is 24.3 Å². The first-order chi connectivity index (χ1) is 7.75. The number of carbonyl (C=O) groups is 1. The molecule has 94 valence electrons. The number of amides is 1. The average molecular weight is 273 g/mol. The second-order valence-corrected chi connectivity index (χ2v) is 5.38. The van der Waals surface area contributed by atoms with Gasteiger partial charge in [0, 0.05) is 23.0 Å². The molecule has 1 aromatic carbocycles. The van der Waals surface area contributed by atoms with Crippen LogP contribution >= 0.6 is 24.2 Å². The molecule has 1 saturated heterocycles. The summed E-state index contributed by atoms with van der Waals surface area (Å²) < 4.78 is 0. The summed E-state index contributed by atoms with van der Waals surface area (Å²) in [6.45, 7) is 0.762. The lowest BCUT2D eigenvalue weighted by atomic mass is 10.2. The highest BCUT2D eigenvalue weighted by molar-refractivity contribution is 8.00. The minimum atomic E-state index is -0.0280. The molecule has 0 aromatic heterocycles. The van der Waals surface area contributed by atoms with Crippen LogP contribution in [-0.4, -0.2) is 23.5 Å². The van der Waals surface area contributed by atoms with E-state index < -0.39 is 0 Å². The van der Waals surface area contributed by atoms with Crippen LogP contribution in [0.3, 0.4) is 0 Å². The van der Waals surface area contributed by atoms with E-state index in [0.717, 1.165) is 6.54 Å². The molecule has 3 N–H and O–H groups in total. The quantitative estimate of drug-likeness (QED) is 0.831. The summed E-state index contributed by atoms with van der Waals surface area (Å²) >= 11 is 1.94. The summed E-state index contributed by atoms with van der Waals surface area (Å²) in [6, 6.07) is 7.07. The van der Waals surface area contributed by atoms with Crippen molar-refractivity contribution in [2.24, 2.45) is 0 Å². The number of nitrogens with two attached hydrogens (primary N) is 1. The Bertz CT molecular complexity index is 381. The molecule has 1 aliphatic rings. The molecule has 1 amide bonds. The third-order valence-corrected chi connectivity index (χ3v) is 4.06. The highest BCUT2D eigenvalue weighted by atomic mass is 35.5. The number of carbonyl (C=O) groups excluding carboxylic acids is 1. The maximum atomic E-state index is 11.8.